The summed E-state index contributed by atoms with van der Waals surface area (Å²) in [4.78, 5) is 16.4. The number of ether oxygens (including phenoxy) is 2. The lowest BCUT2D eigenvalue weighted by Gasteiger charge is -2.16. The summed E-state index contributed by atoms with van der Waals surface area (Å²) in [5.74, 6) is -0.319. The number of nitrogens with zero attached hydrogens (tertiary/aromatic N) is 3. The first-order chi connectivity index (χ1) is 17.1. The van der Waals surface area contributed by atoms with Crippen molar-refractivity contribution in [3.63, 3.8) is 0 Å². The predicted molar refractivity (Wildman–Crippen MR) is 133 cm³/mol. The van der Waals surface area contributed by atoms with Crippen LogP contribution in [-0.4, -0.2) is 37.0 Å². The molecular formula is C24H21FN4O5S2. The summed E-state index contributed by atoms with van der Waals surface area (Å²) in [6, 6.07) is 11.1. The maximum Gasteiger partial charge on any atom is 0.268 e. The fourth-order valence-electron chi connectivity index (χ4n) is 3.02. The normalized spacial score (nSPS) is 11.4. The Morgan fingerprint density at radius 2 is 2.03 bits per heavy atom. The van der Waals surface area contributed by atoms with Gasteiger partial charge in [-0.15, -0.1) is 6.58 Å². The molecule has 0 radical (unpaired) electrons. The van der Waals surface area contributed by atoms with Gasteiger partial charge in [-0.25, -0.2) is 12.8 Å². The molecule has 0 spiro atoms. The largest absolute Gasteiger partial charge is 0.493 e. The second kappa shape index (κ2) is 11.6. The van der Waals surface area contributed by atoms with Crippen molar-refractivity contribution in [2.24, 2.45) is 0 Å². The number of anilines is 1. The predicted octanol–water partition coefficient (Wildman–Crippen LogP) is 3.94. The van der Waals surface area contributed by atoms with Crippen LogP contribution in [0.2, 0.25) is 0 Å². The van der Waals surface area contributed by atoms with Gasteiger partial charge in [0.05, 0.1) is 7.11 Å². The molecule has 9 nitrogen and oxygen atoms in total. The number of hydrogen-bond donors (Lipinski definition) is 1. The van der Waals surface area contributed by atoms with E-state index in [4.69, 9.17) is 9.47 Å². The second-order valence-corrected chi connectivity index (χ2v) is 10.1. The van der Waals surface area contributed by atoms with Gasteiger partial charge in [0.2, 0.25) is 15.0 Å². The number of nitriles is 1. The summed E-state index contributed by atoms with van der Waals surface area (Å²) in [6.07, 6.45) is 4.37. The second-order valence-electron chi connectivity index (χ2n) is 7.40. The molecule has 0 unspecified atom stereocenters. The van der Waals surface area contributed by atoms with E-state index in [0.717, 1.165) is 11.8 Å². The van der Waals surface area contributed by atoms with E-state index in [2.05, 4.69) is 21.3 Å². The van der Waals surface area contributed by atoms with Gasteiger partial charge >= 0.3 is 0 Å². The van der Waals surface area contributed by atoms with Crippen molar-refractivity contribution in [2.75, 3.05) is 18.7 Å². The van der Waals surface area contributed by atoms with Gasteiger partial charge in [-0.2, -0.15) is 14.6 Å². The van der Waals surface area contributed by atoms with Gasteiger partial charge in [-0.05, 0) is 47.9 Å². The number of halogens is 1. The van der Waals surface area contributed by atoms with E-state index < -0.39 is 20.9 Å². The van der Waals surface area contributed by atoms with E-state index >= 15 is 0 Å². The third-order valence-corrected chi connectivity index (χ3v) is 6.26. The number of amides is 1. The number of nitrogens with one attached hydrogen (secondary N) is 1. The first kappa shape index (κ1) is 26.5. The molecule has 0 fully saturated rings. The Morgan fingerprint density at radius 1 is 1.31 bits per heavy atom. The fourth-order valence-corrected chi connectivity index (χ4v) is 4.46. The molecule has 0 aliphatic carbocycles. The van der Waals surface area contributed by atoms with Crippen LogP contribution in [-0.2, 0) is 27.7 Å². The van der Waals surface area contributed by atoms with Crippen molar-refractivity contribution >= 4 is 38.5 Å². The third kappa shape index (κ3) is 6.74. The number of hydrogen-bond acceptors (Lipinski definition) is 9. The number of carbonyl (C=O) groups excluding carboxylic acids is 1. The van der Waals surface area contributed by atoms with Crippen molar-refractivity contribution in [2.45, 2.75) is 18.2 Å². The van der Waals surface area contributed by atoms with Crippen LogP contribution in [0.25, 0.3) is 6.08 Å². The van der Waals surface area contributed by atoms with Crippen LogP contribution in [0.1, 0.15) is 16.7 Å². The standard InChI is InChI=1S/C24H21FN4O5S2/c1-4-5-17-10-16(12-20(33-2)21(17)34-14-15-6-8-19(25)9-7-15)11-18(13-26)22(30)27-23-28-24(29-35-23)36(3,31)32/h4,6-12H,1,5,14H2,2-3H3,(H,27,28,29,30)/b18-11-. The topological polar surface area (TPSA) is 131 Å². The Hall–Kier alpha value is -4.08. The maximum absolute atomic E-state index is 13.2. The molecule has 1 amide bonds. The number of rotatable bonds is 10. The number of methoxy groups -OCH3 is 1. The molecule has 3 aromatic rings. The van der Waals surface area contributed by atoms with Gasteiger partial charge in [0.1, 0.15) is 24.1 Å². The van der Waals surface area contributed by atoms with Gasteiger partial charge < -0.3 is 9.47 Å². The molecule has 0 bridgehead atoms. The minimum absolute atomic E-state index is 0.0592. The molecule has 3 rings (SSSR count). The zero-order chi connectivity index (χ0) is 26.3. The van der Waals surface area contributed by atoms with E-state index in [9.17, 15) is 22.9 Å². The van der Waals surface area contributed by atoms with E-state index in [-0.39, 0.29) is 23.1 Å². The summed E-state index contributed by atoms with van der Waals surface area (Å²) in [5, 5.41) is 11.5. The van der Waals surface area contributed by atoms with E-state index in [1.165, 1.54) is 25.3 Å². The minimum Gasteiger partial charge on any atom is -0.493 e. The number of aromatic nitrogens is 2. The van der Waals surface area contributed by atoms with E-state index in [1.807, 2.05) is 6.07 Å². The summed E-state index contributed by atoms with van der Waals surface area (Å²) < 4.78 is 51.4. The molecule has 1 heterocycles. The smallest absolute Gasteiger partial charge is 0.268 e. The summed E-state index contributed by atoms with van der Waals surface area (Å²) in [6.45, 7) is 3.92. The Kier molecular flexibility index (Phi) is 8.52. The number of benzene rings is 2. The van der Waals surface area contributed by atoms with Gasteiger partial charge in [-0.3, -0.25) is 10.1 Å². The molecule has 12 heteroatoms. The highest BCUT2D eigenvalue weighted by molar-refractivity contribution is 7.90. The Bertz CT molecular complexity index is 1460. The highest BCUT2D eigenvalue weighted by atomic mass is 32.2. The van der Waals surface area contributed by atoms with Gasteiger partial charge in [-0.1, -0.05) is 18.2 Å². The zero-order valence-corrected chi connectivity index (χ0v) is 21.0. The SMILES string of the molecule is C=CCc1cc(/C=C(/C#N)C(=O)Nc2nc(S(C)(=O)=O)ns2)cc(OC)c1OCc1ccc(F)cc1. The van der Waals surface area contributed by atoms with Crippen LogP contribution in [0.15, 0.2) is 59.8 Å². The van der Waals surface area contributed by atoms with Crippen molar-refractivity contribution in [1.29, 1.82) is 5.26 Å². The van der Waals surface area contributed by atoms with Crippen LogP contribution in [0.3, 0.4) is 0 Å². The average molecular weight is 529 g/mol. The van der Waals surface area contributed by atoms with Crippen LogP contribution in [0, 0.1) is 17.1 Å². The van der Waals surface area contributed by atoms with Crippen LogP contribution >= 0.6 is 11.5 Å². The monoisotopic (exact) mass is 528 g/mol. The molecule has 0 saturated carbocycles. The van der Waals surface area contributed by atoms with Crippen molar-refractivity contribution in [3.05, 3.63) is 77.1 Å². The van der Waals surface area contributed by atoms with Crippen LogP contribution < -0.4 is 14.8 Å². The van der Waals surface area contributed by atoms with E-state index in [1.54, 1.807) is 30.3 Å². The van der Waals surface area contributed by atoms with Gasteiger partial charge in [0.25, 0.3) is 11.1 Å². The molecular weight excluding hydrogens is 507 g/mol. The molecule has 36 heavy (non-hydrogen) atoms. The number of allylic oxidation sites excluding steroid dienone is 1. The van der Waals surface area contributed by atoms with Crippen LogP contribution in [0.4, 0.5) is 9.52 Å². The van der Waals surface area contributed by atoms with Gasteiger partial charge in [0.15, 0.2) is 11.5 Å². The molecule has 2 aromatic carbocycles. The average Bonchev–Trinajstić information content (AvgIpc) is 3.32. The zero-order valence-electron chi connectivity index (χ0n) is 19.3. The Morgan fingerprint density at radius 3 is 2.61 bits per heavy atom. The summed E-state index contributed by atoms with van der Waals surface area (Å²) in [5.41, 5.74) is 1.68. The Labute approximate surface area is 211 Å². The van der Waals surface area contributed by atoms with E-state index in [0.29, 0.717) is 40.6 Å². The molecule has 0 saturated heterocycles. The lowest BCUT2D eigenvalue weighted by molar-refractivity contribution is -0.112. The third-order valence-electron chi connectivity index (χ3n) is 4.67. The van der Waals surface area contributed by atoms with Crippen molar-refractivity contribution in [3.8, 4) is 17.6 Å². The minimum atomic E-state index is -3.63. The quantitative estimate of drug-likeness (QED) is 0.238. The molecule has 1 aromatic heterocycles. The number of carbonyl (C=O) groups is 1. The highest BCUT2D eigenvalue weighted by Crippen LogP contribution is 2.35. The molecule has 1 N–H and O–H groups in total. The molecule has 0 aliphatic rings. The Balaban J connectivity index is 1.88. The molecule has 0 atom stereocenters. The maximum atomic E-state index is 13.2. The highest BCUT2D eigenvalue weighted by Gasteiger charge is 2.18. The lowest BCUT2D eigenvalue weighted by Crippen LogP contribution is -2.13. The molecule has 186 valence electrons. The number of sulfone groups is 1. The van der Waals surface area contributed by atoms with Gasteiger partial charge in [0, 0.05) is 23.4 Å². The van der Waals surface area contributed by atoms with Crippen molar-refractivity contribution in [1.82, 2.24) is 9.36 Å². The summed E-state index contributed by atoms with van der Waals surface area (Å²) >= 11 is 0.683. The van der Waals surface area contributed by atoms with Crippen molar-refractivity contribution < 1.29 is 27.1 Å². The first-order valence-corrected chi connectivity index (χ1v) is 13.0. The lowest BCUT2D eigenvalue weighted by atomic mass is 10.0. The fraction of sp³-hybridized carbons (Fsp3) is 0.167. The summed E-state index contributed by atoms with van der Waals surface area (Å²) in [7, 11) is -2.18. The first-order valence-electron chi connectivity index (χ1n) is 10.3. The molecule has 0 aliphatic heterocycles. The van der Waals surface area contributed by atoms with Crippen LogP contribution in [0.5, 0.6) is 11.5 Å².